The highest BCUT2D eigenvalue weighted by Crippen LogP contribution is 2.33. The largest absolute Gasteiger partial charge is 0.373 e. The van der Waals surface area contributed by atoms with E-state index in [1.54, 1.807) is 7.05 Å². The number of nitrogens with one attached hydrogen (secondary N) is 2. The van der Waals surface area contributed by atoms with E-state index in [0.717, 1.165) is 37.5 Å². The fraction of sp³-hybridized carbons (Fsp3) is 0.391. The molecule has 5 heteroatoms. The molecule has 0 bridgehead atoms. The standard InChI is InChI=1S/C23H28N4O/c1-17-5-11-20(12-6-17)22-21(4-3-13-28-22)16-27-23(25-2)26-15-19-9-7-18(14-24)8-10-19/h5-12,21-22H,3-4,13,15-16H2,1-2H3,(H2,25,26,27). The van der Waals surface area contributed by atoms with Crippen molar-refractivity contribution in [2.24, 2.45) is 10.9 Å². The zero-order valence-electron chi connectivity index (χ0n) is 16.6. The Morgan fingerprint density at radius 1 is 1.14 bits per heavy atom. The van der Waals surface area contributed by atoms with Gasteiger partial charge in [-0.05, 0) is 43.0 Å². The molecule has 28 heavy (non-hydrogen) atoms. The van der Waals surface area contributed by atoms with Gasteiger partial charge in [0.1, 0.15) is 0 Å². The number of nitrogens with zero attached hydrogens (tertiary/aromatic N) is 2. The lowest BCUT2D eigenvalue weighted by molar-refractivity contribution is -0.0265. The first-order valence-electron chi connectivity index (χ1n) is 9.81. The van der Waals surface area contributed by atoms with Crippen molar-refractivity contribution in [2.75, 3.05) is 20.2 Å². The van der Waals surface area contributed by atoms with E-state index in [0.29, 0.717) is 18.0 Å². The minimum absolute atomic E-state index is 0.124. The number of aliphatic imine (C=N–C) groups is 1. The molecule has 5 nitrogen and oxygen atoms in total. The van der Waals surface area contributed by atoms with Crippen molar-refractivity contribution >= 4 is 5.96 Å². The number of benzene rings is 2. The maximum absolute atomic E-state index is 8.89. The van der Waals surface area contributed by atoms with Crippen LogP contribution in [0.25, 0.3) is 0 Å². The molecule has 1 aliphatic heterocycles. The van der Waals surface area contributed by atoms with E-state index in [1.807, 2.05) is 24.3 Å². The van der Waals surface area contributed by atoms with Crippen molar-refractivity contribution in [3.63, 3.8) is 0 Å². The van der Waals surface area contributed by atoms with Crippen LogP contribution in [0.4, 0.5) is 0 Å². The Balaban J connectivity index is 1.55. The number of ether oxygens (including phenoxy) is 1. The molecule has 1 heterocycles. The van der Waals surface area contributed by atoms with Gasteiger partial charge in [0, 0.05) is 32.7 Å². The van der Waals surface area contributed by atoms with Gasteiger partial charge in [-0.3, -0.25) is 4.99 Å². The Morgan fingerprint density at radius 2 is 1.89 bits per heavy atom. The Kier molecular flexibility index (Phi) is 7.05. The summed E-state index contributed by atoms with van der Waals surface area (Å²) in [5.41, 5.74) is 4.30. The van der Waals surface area contributed by atoms with E-state index in [9.17, 15) is 0 Å². The van der Waals surface area contributed by atoms with E-state index < -0.39 is 0 Å². The summed E-state index contributed by atoms with van der Waals surface area (Å²) in [5.74, 6) is 1.18. The summed E-state index contributed by atoms with van der Waals surface area (Å²) in [4.78, 5) is 4.33. The second kappa shape index (κ2) is 9.91. The number of guanidine groups is 1. The molecule has 0 aliphatic carbocycles. The maximum atomic E-state index is 8.89. The summed E-state index contributed by atoms with van der Waals surface area (Å²) < 4.78 is 6.11. The SMILES string of the molecule is CN=C(NCc1ccc(C#N)cc1)NCC1CCCOC1c1ccc(C)cc1. The Hall–Kier alpha value is -2.84. The van der Waals surface area contributed by atoms with Gasteiger partial charge in [-0.15, -0.1) is 0 Å². The molecule has 0 radical (unpaired) electrons. The van der Waals surface area contributed by atoms with E-state index >= 15 is 0 Å². The first-order valence-corrected chi connectivity index (χ1v) is 9.81. The van der Waals surface area contributed by atoms with Crippen LogP contribution in [0.3, 0.4) is 0 Å². The highest BCUT2D eigenvalue weighted by Gasteiger charge is 2.27. The predicted octanol–water partition coefficient (Wildman–Crippen LogP) is 3.70. The van der Waals surface area contributed by atoms with Gasteiger partial charge in [-0.2, -0.15) is 5.26 Å². The highest BCUT2D eigenvalue weighted by molar-refractivity contribution is 5.79. The lowest BCUT2D eigenvalue weighted by atomic mass is 9.89. The third-order valence-corrected chi connectivity index (χ3v) is 5.15. The number of hydrogen-bond acceptors (Lipinski definition) is 3. The van der Waals surface area contributed by atoms with Crippen molar-refractivity contribution in [2.45, 2.75) is 32.4 Å². The molecule has 1 aliphatic rings. The van der Waals surface area contributed by atoms with Gasteiger partial charge in [-0.1, -0.05) is 42.0 Å². The lowest BCUT2D eigenvalue weighted by Gasteiger charge is -2.32. The fourth-order valence-electron chi connectivity index (χ4n) is 3.51. The molecular weight excluding hydrogens is 348 g/mol. The van der Waals surface area contributed by atoms with Gasteiger partial charge >= 0.3 is 0 Å². The topological polar surface area (TPSA) is 69.4 Å². The zero-order chi connectivity index (χ0) is 19.8. The van der Waals surface area contributed by atoms with Crippen LogP contribution in [0.5, 0.6) is 0 Å². The smallest absolute Gasteiger partial charge is 0.191 e. The van der Waals surface area contributed by atoms with Crippen molar-refractivity contribution < 1.29 is 4.74 Å². The minimum Gasteiger partial charge on any atom is -0.373 e. The van der Waals surface area contributed by atoms with E-state index in [-0.39, 0.29) is 6.10 Å². The molecule has 0 saturated carbocycles. The first kappa shape index (κ1) is 19.9. The molecule has 3 rings (SSSR count). The molecule has 0 amide bonds. The second-order valence-corrected chi connectivity index (χ2v) is 7.22. The Labute approximate surface area is 167 Å². The molecule has 0 aromatic heterocycles. The molecule has 2 aromatic rings. The van der Waals surface area contributed by atoms with E-state index in [4.69, 9.17) is 10.00 Å². The molecule has 0 spiro atoms. The van der Waals surface area contributed by atoms with Crippen molar-refractivity contribution in [1.82, 2.24) is 10.6 Å². The van der Waals surface area contributed by atoms with Crippen LogP contribution >= 0.6 is 0 Å². The summed E-state index contributed by atoms with van der Waals surface area (Å²) >= 11 is 0. The molecule has 2 N–H and O–H groups in total. The van der Waals surface area contributed by atoms with Crippen molar-refractivity contribution in [3.05, 3.63) is 70.8 Å². The summed E-state index contributed by atoms with van der Waals surface area (Å²) in [6, 6.07) is 18.4. The zero-order valence-corrected chi connectivity index (χ0v) is 16.6. The van der Waals surface area contributed by atoms with Crippen LogP contribution in [0.1, 0.15) is 41.2 Å². The van der Waals surface area contributed by atoms with Gasteiger partial charge in [0.25, 0.3) is 0 Å². The molecule has 146 valence electrons. The van der Waals surface area contributed by atoms with Crippen LogP contribution in [0, 0.1) is 24.2 Å². The predicted molar refractivity (Wildman–Crippen MR) is 112 cm³/mol. The van der Waals surface area contributed by atoms with Gasteiger partial charge in [-0.25, -0.2) is 0 Å². The van der Waals surface area contributed by atoms with Crippen LogP contribution in [0.2, 0.25) is 0 Å². The second-order valence-electron chi connectivity index (χ2n) is 7.22. The summed E-state index contributed by atoms with van der Waals surface area (Å²) in [6.07, 6.45) is 2.35. The monoisotopic (exact) mass is 376 g/mol. The van der Waals surface area contributed by atoms with Gasteiger partial charge in [0.05, 0.1) is 17.7 Å². The normalized spacial score (nSPS) is 19.7. The Morgan fingerprint density at radius 3 is 2.57 bits per heavy atom. The first-order chi connectivity index (χ1) is 13.7. The van der Waals surface area contributed by atoms with Crippen molar-refractivity contribution in [1.29, 1.82) is 5.26 Å². The number of aryl methyl sites for hydroxylation is 1. The number of hydrogen-bond donors (Lipinski definition) is 2. The van der Waals surface area contributed by atoms with Crippen molar-refractivity contribution in [3.8, 4) is 6.07 Å². The summed E-state index contributed by atoms with van der Waals surface area (Å²) in [5, 5.41) is 15.7. The summed E-state index contributed by atoms with van der Waals surface area (Å²) in [6.45, 7) is 4.40. The third kappa shape index (κ3) is 5.34. The quantitative estimate of drug-likeness (QED) is 0.617. The van der Waals surface area contributed by atoms with E-state index in [1.165, 1.54) is 11.1 Å². The van der Waals surface area contributed by atoms with Gasteiger partial charge < -0.3 is 15.4 Å². The van der Waals surface area contributed by atoms with Gasteiger partial charge in [0.15, 0.2) is 5.96 Å². The number of nitriles is 1. The molecule has 2 atom stereocenters. The Bertz CT molecular complexity index is 821. The summed E-state index contributed by atoms with van der Waals surface area (Å²) in [7, 11) is 1.78. The molecule has 2 unspecified atom stereocenters. The average Bonchev–Trinajstić information content (AvgIpc) is 2.75. The van der Waals surface area contributed by atoms with Crippen LogP contribution < -0.4 is 10.6 Å². The van der Waals surface area contributed by atoms with Crippen LogP contribution in [0.15, 0.2) is 53.5 Å². The lowest BCUT2D eigenvalue weighted by Crippen LogP contribution is -2.41. The minimum atomic E-state index is 0.124. The number of rotatable bonds is 5. The molecule has 1 fully saturated rings. The van der Waals surface area contributed by atoms with Gasteiger partial charge in [0.2, 0.25) is 0 Å². The third-order valence-electron chi connectivity index (χ3n) is 5.15. The van der Waals surface area contributed by atoms with E-state index in [2.05, 4.69) is 52.9 Å². The molecule has 1 saturated heterocycles. The van der Waals surface area contributed by atoms with Crippen LogP contribution in [-0.4, -0.2) is 26.2 Å². The maximum Gasteiger partial charge on any atom is 0.191 e. The fourth-order valence-corrected chi connectivity index (χ4v) is 3.51. The van der Waals surface area contributed by atoms with Crippen LogP contribution in [-0.2, 0) is 11.3 Å². The highest BCUT2D eigenvalue weighted by atomic mass is 16.5. The molecule has 2 aromatic carbocycles. The molecular formula is C23H28N4O. The average molecular weight is 377 g/mol.